The van der Waals surface area contributed by atoms with E-state index >= 15 is 0 Å². The number of aromatic nitrogens is 2. The molecule has 0 fully saturated rings. The minimum absolute atomic E-state index is 0.365. The molecule has 0 aliphatic heterocycles. The number of hydrogen-bond acceptors (Lipinski definition) is 3. The Morgan fingerprint density at radius 3 is 1.67 bits per heavy atom. The molecule has 9 rings (SSSR count). The summed E-state index contributed by atoms with van der Waals surface area (Å²) in [6.45, 7) is 0. The number of hydrogen-bond donors (Lipinski definition) is 0. The van der Waals surface area contributed by atoms with Crippen molar-refractivity contribution in [3.63, 3.8) is 0 Å². The van der Waals surface area contributed by atoms with Crippen LogP contribution in [0.5, 0.6) is 0 Å². The highest BCUT2D eigenvalue weighted by Gasteiger charge is 2.19. The molecule has 3 heterocycles. The molecule has 3 aromatic heterocycles. The predicted molar refractivity (Wildman–Crippen MR) is 175 cm³/mol. The molecule has 202 valence electrons. The summed E-state index contributed by atoms with van der Waals surface area (Å²) in [5, 5.41) is 6.14. The van der Waals surface area contributed by atoms with E-state index in [-0.39, 0.29) is 11.1 Å². The fraction of sp³-hybridized carbons (Fsp3) is 0. The normalized spacial score (nSPS) is 11.9. The zero-order valence-electron chi connectivity index (χ0n) is 22.8. The molecule has 0 saturated carbocycles. The van der Waals surface area contributed by atoms with Crippen LogP contribution in [0, 0.1) is 0 Å². The molecular formula is C38H22N2O3. The second kappa shape index (κ2) is 8.78. The van der Waals surface area contributed by atoms with Crippen molar-refractivity contribution >= 4 is 65.3 Å². The van der Waals surface area contributed by atoms with Crippen molar-refractivity contribution in [2.45, 2.75) is 0 Å². The van der Waals surface area contributed by atoms with Crippen LogP contribution in [0.2, 0.25) is 0 Å². The molecule has 0 N–H and O–H groups in total. The molecule has 0 aliphatic rings. The Balaban J connectivity index is 1.56. The average Bonchev–Trinajstić information content (AvgIpc) is 3.56. The van der Waals surface area contributed by atoms with Gasteiger partial charge in [0.05, 0.1) is 22.1 Å². The first kappa shape index (κ1) is 23.7. The fourth-order valence-electron chi connectivity index (χ4n) is 6.59. The molecule has 0 saturated heterocycles. The summed E-state index contributed by atoms with van der Waals surface area (Å²) in [5.41, 5.74) is 4.15. The molecule has 0 atom stereocenters. The summed E-state index contributed by atoms with van der Waals surface area (Å²) in [6, 6.07) is 43.2. The van der Waals surface area contributed by atoms with Gasteiger partial charge in [-0.15, -0.1) is 0 Å². The number of furan rings is 1. The minimum atomic E-state index is -0.366. The zero-order chi connectivity index (χ0) is 28.7. The number of rotatable bonds is 2. The third-order valence-corrected chi connectivity index (χ3v) is 8.51. The van der Waals surface area contributed by atoms with Crippen LogP contribution in [0.4, 0.5) is 0 Å². The Labute approximate surface area is 244 Å². The van der Waals surface area contributed by atoms with Gasteiger partial charge in [-0.05, 0) is 71.4 Å². The summed E-state index contributed by atoms with van der Waals surface area (Å²) in [6.07, 6.45) is 0. The molecule has 0 unspecified atom stereocenters. The van der Waals surface area contributed by atoms with Crippen LogP contribution in [0.3, 0.4) is 0 Å². The van der Waals surface area contributed by atoms with Gasteiger partial charge in [-0.3, -0.25) is 9.59 Å². The van der Waals surface area contributed by atoms with E-state index in [2.05, 4.69) is 34.9 Å². The molecule has 6 aromatic carbocycles. The summed E-state index contributed by atoms with van der Waals surface area (Å²) < 4.78 is 9.74. The van der Waals surface area contributed by atoms with Gasteiger partial charge in [-0.2, -0.15) is 0 Å². The average molecular weight is 555 g/mol. The number of para-hydroxylation sites is 4. The molecule has 43 heavy (non-hydrogen) atoms. The van der Waals surface area contributed by atoms with E-state index in [1.165, 1.54) is 4.57 Å². The molecule has 0 bridgehead atoms. The number of nitrogens with zero attached hydrogens (tertiary/aromatic N) is 2. The van der Waals surface area contributed by atoms with E-state index in [9.17, 15) is 9.59 Å². The van der Waals surface area contributed by atoms with Gasteiger partial charge < -0.3 is 8.98 Å². The molecule has 0 radical (unpaired) electrons. The van der Waals surface area contributed by atoms with Crippen LogP contribution in [0.1, 0.15) is 0 Å². The molecule has 0 amide bonds. The second-order valence-corrected chi connectivity index (χ2v) is 10.9. The summed E-state index contributed by atoms with van der Waals surface area (Å²) >= 11 is 0. The van der Waals surface area contributed by atoms with Crippen molar-refractivity contribution < 1.29 is 4.42 Å². The van der Waals surface area contributed by atoms with Crippen LogP contribution in [0.15, 0.2) is 147 Å². The Kier molecular flexibility index (Phi) is 4.85. The lowest BCUT2D eigenvalue weighted by Crippen LogP contribution is -2.28. The van der Waals surface area contributed by atoms with E-state index in [4.69, 9.17) is 4.42 Å². The number of fused-ring (bicyclic) bond motifs is 9. The second-order valence-electron chi connectivity index (χ2n) is 10.9. The standard InChI is InChI=1S/C38H22N2O3/c41-37-31-20-30-26-16-8-10-18-35(26)43-36(30)22-28(31)27-19-29-25-15-7-9-17-33(25)39(23-11-3-1-4-12-23)34(29)21-32(27)38(42)40(37)24-13-5-2-6-14-24/h1-22H. The van der Waals surface area contributed by atoms with Gasteiger partial charge in [-0.1, -0.05) is 72.8 Å². The van der Waals surface area contributed by atoms with Crippen molar-refractivity contribution in [3.05, 3.63) is 154 Å². The lowest BCUT2D eigenvalue weighted by Gasteiger charge is -2.08. The first-order valence-electron chi connectivity index (χ1n) is 14.2. The third kappa shape index (κ3) is 3.33. The first-order valence-corrected chi connectivity index (χ1v) is 14.2. The van der Waals surface area contributed by atoms with Gasteiger partial charge in [0, 0.05) is 32.6 Å². The third-order valence-electron chi connectivity index (χ3n) is 8.51. The molecule has 5 heteroatoms. The van der Waals surface area contributed by atoms with Gasteiger partial charge in [-0.25, -0.2) is 4.57 Å². The van der Waals surface area contributed by atoms with E-state index < -0.39 is 0 Å². The Hall–Kier alpha value is -5.94. The largest absolute Gasteiger partial charge is 0.456 e. The van der Waals surface area contributed by atoms with Gasteiger partial charge in [0.15, 0.2) is 0 Å². The molecule has 9 aromatic rings. The highest BCUT2D eigenvalue weighted by atomic mass is 16.3. The van der Waals surface area contributed by atoms with E-state index in [0.29, 0.717) is 32.8 Å². The van der Waals surface area contributed by atoms with Crippen molar-refractivity contribution in [2.75, 3.05) is 0 Å². The summed E-state index contributed by atoms with van der Waals surface area (Å²) in [7, 11) is 0. The summed E-state index contributed by atoms with van der Waals surface area (Å²) in [5.74, 6) is 0. The topological polar surface area (TPSA) is 57.1 Å². The highest BCUT2D eigenvalue weighted by Crippen LogP contribution is 2.37. The van der Waals surface area contributed by atoms with Crippen LogP contribution >= 0.6 is 0 Å². The van der Waals surface area contributed by atoms with E-state index in [1.807, 2.05) is 91.0 Å². The van der Waals surface area contributed by atoms with Gasteiger partial charge in [0.1, 0.15) is 11.2 Å². The van der Waals surface area contributed by atoms with Crippen molar-refractivity contribution in [3.8, 4) is 11.4 Å². The molecule has 5 nitrogen and oxygen atoms in total. The van der Waals surface area contributed by atoms with Gasteiger partial charge in [0.25, 0.3) is 11.1 Å². The van der Waals surface area contributed by atoms with E-state index in [0.717, 1.165) is 43.8 Å². The lowest BCUT2D eigenvalue weighted by atomic mass is 10.0. The van der Waals surface area contributed by atoms with Gasteiger partial charge >= 0.3 is 0 Å². The van der Waals surface area contributed by atoms with Crippen LogP contribution in [0.25, 0.3) is 76.7 Å². The smallest absolute Gasteiger partial charge is 0.266 e. The first-order chi connectivity index (χ1) is 21.2. The van der Waals surface area contributed by atoms with Crippen LogP contribution < -0.4 is 11.1 Å². The Bertz CT molecular complexity index is 2700. The summed E-state index contributed by atoms with van der Waals surface area (Å²) in [4.78, 5) is 29.0. The Morgan fingerprint density at radius 1 is 0.372 bits per heavy atom. The maximum Gasteiger partial charge on any atom is 0.266 e. The SMILES string of the molecule is O=c1c2cc3c(cc2c2cc4c5ccccc5n(-c5ccccc5)c4cc2c(=O)n1-c1ccccc1)oc1ccccc13. The van der Waals surface area contributed by atoms with Gasteiger partial charge in [0.2, 0.25) is 0 Å². The fourth-order valence-corrected chi connectivity index (χ4v) is 6.59. The van der Waals surface area contributed by atoms with Crippen molar-refractivity contribution in [2.24, 2.45) is 0 Å². The van der Waals surface area contributed by atoms with Crippen LogP contribution in [-0.2, 0) is 0 Å². The number of benzene rings is 6. The molecule has 0 spiro atoms. The zero-order valence-corrected chi connectivity index (χ0v) is 22.8. The minimum Gasteiger partial charge on any atom is -0.456 e. The van der Waals surface area contributed by atoms with Crippen LogP contribution in [-0.4, -0.2) is 9.13 Å². The molecular weight excluding hydrogens is 532 g/mol. The monoisotopic (exact) mass is 554 g/mol. The Morgan fingerprint density at radius 2 is 0.930 bits per heavy atom. The van der Waals surface area contributed by atoms with E-state index in [1.54, 1.807) is 12.1 Å². The van der Waals surface area contributed by atoms with Crippen molar-refractivity contribution in [1.29, 1.82) is 0 Å². The lowest BCUT2D eigenvalue weighted by molar-refractivity contribution is 0.669. The highest BCUT2D eigenvalue weighted by molar-refractivity contribution is 6.20. The maximum absolute atomic E-state index is 14.5. The maximum atomic E-state index is 14.5. The predicted octanol–water partition coefficient (Wildman–Crippen LogP) is 8.50. The van der Waals surface area contributed by atoms with Crippen molar-refractivity contribution in [1.82, 2.24) is 9.13 Å². The molecule has 0 aliphatic carbocycles. The quantitative estimate of drug-likeness (QED) is 0.215.